The molecule has 1 aromatic heterocycles. The smallest absolute Gasteiger partial charge is 0.244 e. The van der Waals surface area contributed by atoms with Gasteiger partial charge in [0.15, 0.2) is 0 Å². The summed E-state index contributed by atoms with van der Waals surface area (Å²) in [7, 11) is 2.61. The maximum atomic E-state index is 12.7. The van der Waals surface area contributed by atoms with Crippen LogP contribution in [0.2, 0.25) is 0 Å². The third-order valence-corrected chi connectivity index (χ3v) is 6.85. The van der Waals surface area contributed by atoms with E-state index in [9.17, 15) is 8.42 Å². The highest BCUT2D eigenvalue weighted by molar-refractivity contribution is 7.89. The Labute approximate surface area is 125 Å². The molecular weight excluding hydrogens is 294 g/mol. The Balaban J connectivity index is 2.13. The van der Waals surface area contributed by atoms with Crippen molar-refractivity contribution in [2.75, 3.05) is 34.2 Å². The summed E-state index contributed by atoms with van der Waals surface area (Å²) < 4.78 is 27.1. The van der Waals surface area contributed by atoms with Gasteiger partial charge in [0, 0.05) is 30.6 Å². The number of hydrogen-bond acceptors (Lipinski definition) is 5. The molecule has 114 valence electrons. The summed E-state index contributed by atoms with van der Waals surface area (Å²) in [4.78, 5) is 3.54. The van der Waals surface area contributed by atoms with Gasteiger partial charge in [-0.15, -0.1) is 11.3 Å². The summed E-state index contributed by atoms with van der Waals surface area (Å²) in [5, 5.41) is 4.88. The van der Waals surface area contributed by atoms with E-state index in [1.54, 1.807) is 10.4 Å². The van der Waals surface area contributed by atoms with Crippen LogP contribution < -0.4 is 5.32 Å². The molecule has 1 aromatic rings. The van der Waals surface area contributed by atoms with Crippen LogP contribution in [0.5, 0.6) is 0 Å². The van der Waals surface area contributed by atoms with Crippen LogP contribution in [0.15, 0.2) is 16.3 Å². The topological polar surface area (TPSA) is 52.7 Å². The van der Waals surface area contributed by atoms with Crippen molar-refractivity contribution < 1.29 is 8.42 Å². The first-order valence-electron chi connectivity index (χ1n) is 6.84. The number of rotatable bonds is 5. The monoisotopic (exact) mass is 317 g/mol. The lowest BCUT2D eigenvalue weighted by molar-refractivity contribution is 0.196. The molecule has 0 atom stereocenters. The molecule has 0 aromatic carbocycles. The molecule has 0 radical (unpaired) electrons. The second-order valence-electron chi connectivity index (χ2n) is 5.34. The van der Waals surface area contributed by atoms with Crippen molar-refractivity contribution >= 4 is 21.4 Å². The van der Waals surface area contributed by atoms with Crippen LogP contribution in [0.4, 0.5) is 0 Å². The quantitative estimate of drug-likeness (QED) is 0.886. The lowest BCUT2D eigenvalue weighted by Gasteiger charge is -2.34. The van der Waals surface area contributed by atoms with Gasteiger partial charge in [-0.05, 0) is 45.4 Å². The van der Waals surface area contributed by atoms with E-state index in [4.69, 9.17) is 0 Å². The molecule has 2 rings (SSSR count). The Hall–Kier alpha value is -0.470. The lowest BCUT2D eigenvalue weighted by Crippen LogP contribution is -2.44. The minimum absolute atomic E-state index is 0.472. The van der Waals surface area contributed by atoms with Crippen molar-refractivity contribution in [2.45, 2.75) is 30.3 Å². The van der Waals surface area contributed by atoms with Crippen LogP contribution in [-0.4, -0.2) is 57.9 Å². The molecule has 0 unspecified atom stereocenters. The van der Waals surface area contributed by atoms with Gasteiger partial charge in [0.05, 0.1) is 4.90 Å². The van der Waals surface area contributed by atoms with Gasteiger partial charge >= 0.3 is 0 Å². The van der Waals surface area contributed by atoms with Crippen molar-refractivity contribution in [3.63, 3.8) is 0 Å². The summed E-state index contributed by atoms with van der Waals surface area (Å²) in [5.74, 6) is 0. The van der Waals surface area contributed by atoms with E-state index in [-0.39, 0.29) is 0 Å². The van der Waals surface area contributed by atoms with Gasteiger partial charge in [-0.2, -0.15) is 4.31 Å². The summed E-state index contributed by atoms with van der Waals surface area (Å²) in [6.07, 6.45) is 1.80. The summed E-state index contributed by atoms with van der Waals surface area (Å²) in [6, 6.07) is 2.21. The molecule has 2 heterocycles. The minimum atomic E-state index is -3.34. The lowest BCUT2D eigenvalue weighted by atomic mass is 10.1. The van der Waals surface area contributed by atoms with Gasteiger partial charge in [0.25, 0.3) is 0 Å². The van der Waals surface area contributed by atoms with Crippen molar-refractivity contribution in [1.29, 1.82) is 0 Å². The van der Waals surface area contributed by atoms with Crippen LogP contribution in [0.3, 0.4) is 0 Å². The molecule has 20 heavy (non-hydrogen) atoms. The first-order chi connectivity index (χ1) is 9.46. The maximum Gasteiger partial charge on any atom is 0.244 e. The Morgan fingerprint density at radius 1 is 1.40 bits per heavy atom. The van der Waals surface area contributed by atoms with Gasteiger partial charge in [0.2, 0.25) is 10.0 Å². The average molecular weight is 317 g/mol. The van der Waals surface area contributed by atoms with E-state index in [1.165, 1.54) is 11.3 Å². The predicted octanol–water partition coefficient (Wildman–Crippen LogP) is 1.18. The molecule has 0 spiro atoms. The Morgan fingerprint density at radius 2 is 2.05 bits per heavy atom. The fourth-order valence-corrected chi connectivity index (χ4v) is 5.48. The summed E-state index contributed by atoms with van der Waals surface area (Å²) >= 11 is 1.49. The van der Waals surface area contributed by atoms with Crippen molar-refractivity contribution in [1.82, 2.24) is 14.5 Å². The minimum Gasteiger partial charge on any atom is -0.315 e. The molecular formula is C13H23N3O2S2. The normalized spacial score (nSPS) is 18.8. The largest absolute Gasteiger partial charge is 0.315 e. The van der Waals surface area contributed by atoms with E-state index in [0.29, 0.717) is 30.6 Å². The third kappa shape index (κ3) is 3.23. The molecule has 1 aliphatic rings. The molecule has 0 bridgehead atoms. The number of sulfonamides is 1. The Morgan fingerprint density at radius 3 is 2.60 bits per heavy atom. The van der Waals surface area contributed by atoms with E-state index < -0.39 is 10.0 Å². The zero-order valence-electron chi connectivity index (χ0n) is 12.3. The van der Waals surface area contributed by atoms with Gasteiger partial charge in [0.1, 0.15) is 0 Å². The van der Waals surface area contributed by atoms with Crippen LogP contribution in [-0.2, 0) is 16.6 Å². The number of piperidine rings is 1. The van der Waals surface area contributed by atoms with Gasteiger partial charge < -0.3 is 10.2 Å². The molecule has 1 N–H and O–H groups in total. The highest BCUT2D eigenvalue weighted by Crippen LogP contribution is 2.27. The van der Waals surface area contributed by atoms with Crippen molar-refractivity contribution in [2.24, 2.45) is 0 Å². The van der Waals surface area contributed by atoms with E-state index in [0.717, 1.165) is 17.7 Å². The molecule has 1 aliphatic heterocycles. The number of nitrogens with zero attached hydrogens (tertiary/aromatic N) is 2. The first kappa shape index (κ1) is 15.9. The van der Waals surface area contributed by atoms with Crippen LogP contribution in [0.25, 0.3) is 0 Å². The Kier molecular flexibility index (Phi) is 5.19. The Bertz CT molecular complexity index is 532. The van der Waals surface area contributed by atoms with Gasteiger partial charge in [-0.1, -0.05) is 0 Å². The fourth-order valence-electron chi connectivity index (χ4n) is 2.59. The first-order valence-corrected chi connectivity index (χ1v) is 9.16. The molecule has 1 saturated heterocycles. The zero-order chi connectivity index (χ0) is 14.8. The molecule has 0 saturated carbocycles. The standard InChI is InChI=1S/C13H23N3O2S2/c1-14-10-12-13(6-9-19-12)20(17,18)16-7-4-11(5-8-16)15(2)3/h6,9,11,14H,4-5,7-8,10H2,1-3H3. The number of thiophene rings is 1. The molecule has 0 amide bonds. The second kappa shape index (κ2) is 6.53. The molecule has 7 heteroatoms. The van der Waals surface area contributed by atoms with Crippen molar-refractivity contribution in [3.8, 4) is 0 Å². The zero-order valence-corrected chi connectivity index (χ0v) is 13.9. The SMILES string of the molecule is CNCc1sccc1S(=O)(=O)N1CCC(N(C)C)CC1. The number of nitrogens with one attached hydrogen (secondary N) is 1. The van der Waals surface area contributed by atoms with Crippen LogP contribution in [0.1, 0.15) is 17.7 Å². The summed E-state index contributed by atoms with van der Waals surface area (Å²) in [6.45, 7) is 1.82. The van der Waals surface area contributed by atoms with Gasteiger partial charge in [-0.25, -0.2) is 8.42 Å². The molecule has 1 fully saturated rings. The van der Waals surface area contributed by atoms with E-state index in [2.05, 4.69) is 24.3 Å². The fraction of sp³-hybridized carbons (Fsp3) is 0.692. The van der Waals surface area contributed by atoms with E-state index in [1.807, 2.05) is 12.4 Å². The maximum absolute atomic E-state index is 12.7. The third-order valence-electron chi connectivity index (χ3n) is 3.81. The number of hydrogen-bond donors (Lipinski definition) is 1. The second-order valence-corrected chi connectivity index (χ2v) is 8.24. The molecule has 0 aliphatic carbocycles. The summed E-state index contributed by atoms with van der Waals surface area (Å²) in [5.41, 5.74) is 0. The predicted molar refractivity (Wildman–Crippen MR) is 82.6 cm³/mol. The van der Waals surface area contributed by atoms with Crippen LogP contribution in [0, 0.1) is 0 Å². The van der Waals surface area contributed by atoms with Crippen molar-refractivity contribution in [3.05, 3.63) is 16.3 Å². The van der Waals surface area contributed by atoms with E-state index >= 15 is 0 Å². The average Bonchev–Trinajstić information content (AvgIpc) is 2.88. The highest BCUT2D eigenvalue weighted by atomic mass is 32.2. The highest BCUT2D eigenvalue weighted by Gasteiger charge is 2.31. The molecule has 5 nitrogen and oxygen atoms in total. The van der Waals surface area contributed by atoms with Gasteiger partial charge in [-0.3, -0.25) is 0 Å². The van der Waals surface area contributed by atoms with Crippen LogP contribution >= 0.6 is 11.3 Å².